The molecule has 1 unspecified atom stereocenters. The maximum absolute atomic E-state index is 13.2. The Morgan fingerprint density at radius 3 is 2.27 bits per heavy atom. The van der Waals surface area contributed by atoms with Gasteiger partial charge in [-0.3, -0.25) is 19.2 Å². The monoisotopic (exact) mass is 656 g/mol. The van der Waals surface area contributed by atoms with Crippen molar-refractivity contribution in [1.29, 1.82) is 0 Å². The summed E-state index contributed by atoms with van der Waals surface area (Å²) in [6.07, 6.45) is 6.68. The Hall–Kier alpha value is -4.70. The van der Waals surface area contributed by atoms with E-state index >= 15 is 0 Å². The summed E-state index contributed by atoms with van der Waals surface area (Å²) < 4.78 is 5.95. The molecule has 3 aromatic rings. The van der Waals surface area contributed by atoms with Gasteiger partial charge in [-0.25, -0.2) is 0 Å². The smallest absolute Gasteiger partial charge is 0.240 e. The Labute approximate surface area is 283 Å². The van der Waals surface area contributed by atoms with Crippen molar-refractivity contribution in [3.05, 3.63) is 95.1 Å². The van der Waals surface area contributed by atoms with Crippen molar-refractivity contribution in [3.63, 3.8) is 0 Å². The standard InChI is InChI=1S/C24H36N4O5.C14H12O/c1-28-16-22(31)27-15-21(30)25-11-5-8-17-9-10-19(29)14-20(17)33-13-12-26-23(24(28)32)18-6-3-2-4-7-18;1-11-7-9-13(10-8-11)14(15)12-5-3-2-4-6-12/h9-10,14,18,23,26,29H,2-8,11-13,15-16H2,1H3,(H,25,30)(H,27,31);2-10H,1H3. The number of ether oxygens (including phenoxy) is 1. The maximum atomic E-state index is 13.2. The normalized spacial score (nSPS) is 18.8. The number of rotatable bonds is 3. The number of aryl methyl sites for hydroxylation is 2. The van der Waals surface area contributed by atoms with Crippen LogP contribution in [0.3, 0.4) is 0 Å². The second kappa shape index (κ2) is 18.6. The first-order valence-corrected chi connectivity index (χ1v) is 16.8. The van der Waals surface area contributed by atoms with Gasteiger partial charge in [0, 0.05) is 37.3 Å². The number of ketones is 1. The van der Waals surface area contributed by atoms with E-state index < -0.39 is 6.04 Å². The summed E-state index contributed by atoms with van der Waals surface area (Å²) in [5.74, 6) is 0.267. The van der Waals surface area contributed by atoms with E-state index in [9.17, 15) is 24.3 Å². The molecule has 3 amide bonds. The minimum Gasteiger partial charge on any atom is -0.508 e. The molecule has 1 aliphatic carbocycles. The predicted molar refractivity (Wildman–Crippen MR) is 185 cm³/mol. The van der Waals surface area contributed by atoms with E-state index in [2.05, 4.69) is 16.0 Å². The average Bonchev–Trinajstić information content (AvgIpc) is 3.10. The number of hydrogen-bond donors (Lipinski definition) is 4. The highest BCUT2D eigenvalue weighted by molar-refractivity contribution is 6.08. The Bertz CT molecular complexity index is 1510. The zero-order chi connectivity index (χ0) is 34.3. The van der Waals surface area contributed by atoms with E-state index in [0.29, 0.717) is 38.3 Å². The molecule has 48 heavy (non-hydrogen) atoms. The molecule has 256 valence electrons. The number of phenols is 1. The van der Waals surface area contributed by atoms with Crippen LogP contribution in [0.4, 0.5) is 0 Å². The molecule has 5 rings (SSSR count). The average molecular weight is 657 g/mol. The second-order valence-electron chi connectivity index (χ2n) is 12.5. The molecule has 3 aromatic carbocycles. The van der Waals surface area contributed by atoms with Gasteiger partial charge in [-0.15, -0.1) is 0 Å². The van der Waals surface area contributed by atoms with Gasteiger partial charge in [0.1, 0.15) is 18.1 Å². The van der Waals surface area contributed by atoms with Crippen LogP contribution < -0.4 is 20.7 Å². The Kier molecular flexibility index (Phi) is 14.0. The van der Waals surface area contributed by atoms with Crippen LogP contribution in [-0.2, 0) is 20.8 Å². The molecule has 0 saturated heterocycles. The number of fused-ring (bicyclic) bond motifs is 1. The largest absolute Gasteiger partial charge is 0.508 e. The van der Waals surface area contributed by atoms with Crippen molar-refractivity contribution in [1.82, 2.24) is 20.9 Å². The molecule has 2 aliphatic rings. The third kappa shape index (κ3) is 11.2. The first kappa shape index (κ1) is 36.1. The van der Waals surface area contributed by atoms with Crippen LogP contribution in [0.25, 0.3) is 0 Å². The van der Waals surface area contributed by atoms with Crippen molar-refractivity contribution < 1.29 is 29.0 Å². The molecule has 1 saturated carbocycles. The number of likely N-dealkylation sites (N-methyl/N-ethyl adjacent to an activating group) is 1. The van der Waals surface area contributed by atoms with Gasteiger partial charge in [0.25, 0.3) is 0 Å². The summed E-state index contributed by atoms with van der Waals surface area (Å²) in [5.41, 5.74) is 3.59. The molecule has 1 aliphatic heterocycles. The molecule has 4 N–H and O–H groups in total. The number of aromatic hydroxyl groups is 1. The van der Waals surface area contributed by atoms with Crippen molar-refractivity contribution in [2.24, 2.45) is 5.92 Å². The fraction of sp³-hybridized carbons (Fsp3) is 0.421. The highest BCUT2D eigenvalue weighted by Gasteiger charge is 2.31. The second-order valence-corrected chi connectivity index (χ2v) is 12.5. The maximum Gasteiger partial charge on any atom is 0.240 e. The summed E-state index contributed by atoms with van der Waals surface area (Å²) in [6.45, 7) is 3.06. The molecule has 0 radical (unpaired) electrons. The van der Waals surface area contributed by atoms with Crippen LogP contribution in [0.5, 0.6) is 11.5 Å². The van der Waals surface area contributed by atoms with Crippen LogP contribution in [0.15, 0.2) is 72.8 Å². The van der Waals surface area contributed by atoms with Crippen LogP contribution in [0.2, 0.25) is 0 Å². The summed E-state index contributed by atoms with van der Waals surface area (Å²) in [5, 5.41) is 18.6. The first-order chi connectivity index (χ1) is 23.2. The minimum atomic E-state index is -0.391. The van der Waals surface area contributed by atoms with E-state index in [-0.39, 0.29) is 48.3 Å². The van der Waals surface area contributed by atoms with Gasteiger partial charge in [0.15, 0.2) is 5.78 Å². The molecule has 1 fully saturated rings. The van der Waals surface area contributed by atoms with Gasteiger partial charge in [-0.2, -0.15) is 0 Å². The molecule has 0 spiro atoms. The van der Waals surface area contributed by atoms with E-state index in [1.165, 1.54) is 16.9 Å². The molecule has 0 bridgehead atoms. The number of benzene rings is 3. The summed E-state index contributed by atoms with van der Waals surface area (Å²) in [7, 11) is 1.62. The van der Waals surface area contributed by atoms with E-state index in [0.717, 1.165) is 42.4 Å². The summed E-state index contributed by atoms with van der Waals surface area (Å²) in [4.78, 5) is 50.9. The number of carbonyl (C=O) groups is 4. The van der Waals surface area contributed by atoms with Crippen molar-refractivity contribution in [2.75, 3.05) is 39.8 Å². The number of carbonyl (C=O) groups excluding carboxylic acids is 4. The highest BCUT2D eigenvalue weighted by Crippen LogP contribution is 2.28. The van der Waals surface area contributed by atoms with Gasteiger partial charge in [0.2, 0.25) is 17.7 Å². The Morgan fingerprint density at radius 1 is 0.833 bits per heavy atom. The Balaban J connectivity index is 0.000000287. The summed E-state index contributed by atoms with van der Waals surface area (Å²) in [6, 6.07) is 21.6. The fourth-order valence-electron chi connectivity index (χ4n) is 5.98. The molecular formula is C38H48N4O6. The third-order valence-electron chi connectivity index (χ3n) is 8.66. The molecule has 10 nitrogen and oxygen atoms in total. The van der Waals surface area contributed by atoms with Gasteiger partial charge in [0.05, 0.1) is 19.1 Å². The van der Waals surface area contributed by atoms with Gasteiger partial charge in [-0.05, 0) is 50.2 Å². The summed E-state index contributed by atoms with van der Waals surface area (Å²) >= 11 is 0. The molecular weight excluding hydrogens is 608 g/mol. The van der Waals surface area contributed by atoms with E-state index in [4.69, 9.17) is 4.74 Å². The molecule has 1 heterocycles. The fourth-order valence-corrected chi connectivity index (χ4v) is 5.98. The van der Waals surface area contributed by atoms with Crippen molar-refractivity contribution >= 4 is 23.5 Å². The number of nitrogens with one attached hydrogen (secondary N) is 3. The third-order valence-corrected chi connectivity index (χ3v) is 8.66. The zero-order valence-corrected chi connectivity index (χ0v) is 28.0. The lowest BCUT2D eigenvalue weighted by molar-refractivity contribution is -0.138. The molecule has 1 atom stereocenters. The molecule has 0 aromatic heterocycles. The number of phenolic OH excluding ortho intramolecular Hbond substituents is 1. The lowest BCUT2D eigenvalue weighted by Crippen LogP contribution is -2.52. The molecule has 10 heteroatoms. The quantitative estimate of drug-likeness (QED) is 0.311. The van der Waals surface area contributed by atoms with Crippen molar-refractivity contribution in [3.8, 4) is 11.5 Å². The Morgan fingerprint density at radius 2 is 1.54 bits per heavy atom. The van der Waals surface area contributed by atoms with Gasteiger partial charge < -0.3 is 30.7 Å². The highest BCUT2D eigenvalue weighted by atomic mass is 16.5. The number of hydrogen-bond acceptors (Lipinski definition) is 7. The lowest BCUT2D eigenvalue weighted by atomic mass is 9.83. The van der Waals surface area contributed by atoms with E-state index in [1.54, 1.807) is 19.2 Å². The first-order valence-electron chi connectivity index (χ1n) is 16.8. The number of nitrogens with zero attached hydrogens (tertiary/aromatic N) is 1. The van der Waals surface area contributed by atoms with Crippen LogP contribution >= 0.6 is 0 Å². The van der Waals surface area contributed by atoms with Crippen LogP contribution in [-0.4, -0.2) is 79.4 Å². The SMILES string of the molecule is CN1CC(=O)NCC(=O)NCCCc2ccc(O)cc2OCCNC(C2CCCCC2)C1=O.Cc1ccc(C(=O)c2ccccc2)cc1. The van der Waals surface area contributed by atoms with Crippen LogP contribution in [0.1, 0.15) is 65.6 Å². The van der Waals surface area contributed by atoms with Crippen molar-refractivity contribution in [2.45, 2.75) is 57.9 Å². The van der Waals surface area contributed by atoms with Crippen LogP contribution in [0, 0.1) is 12.8 Å². The van der Waals surface area contributed by atoms with E-state index in [1.807, 2.05) is 67.6 Å². The zero-order valence-electron chi connectivity index (χ0n) is 28.0. The minimum absolute atomic E-state index is 0.0793. The van der Waals surface area contributed by atoms with Gasteiger partial charge >= 0.3 is 0 Å². The number of amides is 3. The van der Waals surface area contributed by atoms with Gasteiger partial charge in [-0.1, -0.05) is 85.5 Å². The topological polar surface area (TPSA) is 137 Å². The lowest BCUT2D eigenvalue weighted by Gasteiger charge is -2.32. The predicted octanol–water partition coefficient (Wildman–Crippen LogP) is 4.17.